The first-order chi connectivity index (χ1) is 13.0. The zero-order chi connectivity index (χ0) is 18.6. The van der Waals surface area contributed by atoms with E-state index in [0.29, 0.717) is 6.04 Å². The smallest absolute Gasteiger partial charge is 0.198 e. The monoisotopic (exact) mass is 360 g/mol. The summed E-state index contributed by atoms with van der Waals surface area (Å²) in [7, 11) is 0. The minimum atomic E-state index is -0.272. The third kappa shape index (κ3) is 2.75. The lowest BCUT2D eigenvalue weighted by Gasteiger charge is -2.50. The van der Waals surface area contributed by atoms with E-state index in [0.717, 1.165) is 30.9 Å². The van der Waals surface area contributed by atoms with Crippen LogP contribution in [0.4, 0.5) is 0 Å². The second kappa shape index (κ2) is 6.12. The number of benzene rings is 2. The van der Waals surface area contributed by atoms with Crippen molar-refractivity contribution in [1.82, 2.24) is 5.01 Å². The van der Waals surface area contributed by atoms with Gasteiger partial charge in [-0.2, -0.15) is 5.10 Å². The van der Waals surface area contributed by atoms with E-state index in [-0.39, 0.29) is 5.72 Å². The molecule has 0 amide bonds. The first-order valence-corrected chi connectivity index (χ1v) is 10.3. The average molecular weight is 361 g/mol. The molecule has 1 spiro atoms. The SMILES string of the molecule is Cc1ccc(C2=NN3[C@H](C2)c2cc(C)ccc2OC32CCC(C)CC2)cc1. The molecule has 1 saturated carbocycles. The summed E-state index contributed by atoms with van der Waals surface area (Å²) in [4.78, 5) is 0. The number of hydrogen-bond donors (Lipinski definition) is 0. The highest BCUT2D eigenvalue weighted by molar-refractivity contribution is 6.02. The molecule has 1 fully saturated rings. The van der Waals surface area contributed by atoms with E-state index in [1.807, 2.05) is 0 Å². The first-order valence-electron chi connectivity index (χ1n) is 10.3. The number of hydrogen-bond acceptors (Lipinski definition) is 3. The molecule has 2 aromatic rings. The molecule has 3 nitrogen and oxygen atoms in total. The second-order valence-electron chi connectivity index (χ2n) is 8.75. The van der Waals surface area contributed by atoms with Crippen molar-refractivity contribution < 1.29 is 4.74 Å². The highest BCUT2D eigenvalue weighted by Crippen LogP contribution is 2.52. The summed E-state index contributed by atoms with van der Waals surface area (Å²) >= 11 is 0. The molecule has 0 unspecified atom stereocenters. The molecule has 0 aromatic heterocycles. The third-order valence-corrected chi connectivity index (χ3v) is 6.59. The summed E-state index contributed by atoms with van der Waals surface area (Å²) in [5.41, 5.74) is 6.03. The largest absolute Gasteiger partial charge is 0.466 e. The van der Waals surface area contributed by atoms with Gasteiger partial charge in [0.15, 0.2) is 5.72 Å². The van der Waals surface area contributed by atoms with Gasteiger partial charge in [0.1, 0.15) is 5.75 Å². The highest BCUT2D eigenvalue weighted by Gasteiger charge is 2.51. The Morgan fingerprint density at radius 3 is 2.44 bits per heavy atom. The molecular formula is C24H28N2O. The van der Waals surface area contributed by atoms with Gasteiger partial charge in [-0.25, -0.2) is 5.01 Å². The fourth-order valence-corrected chi connectivity index (χ4v) is 4.87. The molecule has 2 aromatic carbocycles. The van der Waals surface area contributed by atoms with E-state index in [2.05, 4.69) is 68.2 Å². The molecule has 0 N–H and O–H groups in total. The Hall–Kier alpha value is -2.29. The highest BCUT2D eigenvalue weighted by atomic mass is 16.5. The molecule has 0 radical (unpaired) electrons. The van der Waals surface area contributed by atoms with Gasteiger partial charge in [0.2, 0.25) is 0 Å². The molecule has 3 heteroatoms. The Bertz CT molecular complexity index is 891. The minimum absolute atomic E-state index is 0.272. The number of rotatable bonds is 1. The van der Waals surface area contributed by atoms with E-state index < -0.39 is 0 Å². The Kier molecular flexibility index (Phi) is 3.82. The zero-order valence-corrected chi connectivity index (χ0v) is 16.5. The van der Waals surface area contributed by atoms with E-state index >= 15 is 0 Å². The van der Waals surface area contributed by atoms with Gasteiger partial charge in [-0.3, -0.25) is 0 Å². The second-order valence-corrected chi connectivity index (χ2v) is 8.75. The van der Waals surface area contributed by atoms with Gasteiger partial charge in [-0.05, 0) is 44.2 Å². The van der Waals surface area contributed by atoms with Crippen LogP contribution in [0.2, 0.25) is 0 Å². The van der Waals surface area contributed by atoms with Gasteiger partial charge in [0, 0.05) is 24.8 Å². The van der Waals surface area contributed by atoms with Crippen LogP contribution in [0.1, 0.15) is 67.3 Å². The molecule has 1 atom stereocenters. The molecule has 1 aliphatic carbocycles. The fraction of sp³-hybridized carbons (Fsp3) is 0.458. The van der Waals surface area contributed by atoms with Crippen molar-refractivity contribution in [2.24, 2.45) is 11.0 Å². The molecule has 27 heavy (non-hydrogen) atoms. The fourth-order valence-electron chi connectivity index (χ4n) is 4.87. The summed E-state index contributed by atoms with van der Waals surface area (Å²) in [5, 5.41) is 7.49. The Balaban J connectivity index is 1.58. The molecule has 0 bridgehead atoms. The minimum Gasteiger partial charge on any atom is -0.466 e. The topological polar surface area (TPSA) is 24.8 Å². The van der Waals surface area contributed by atoms with Crippen molar-refractivity contribution in [3.05, 3.63) is 64.7 Å². The molecule has 2 heterocycles. The van der Waals surface area contributed by atoms with Crippen LogP contribution < -0.4 is 4.74 Å². The van der Waals surface area contributed by atoms with Gasteiger partial charge in [-0.1, -0.05) is 54.4 Å². The summed E-state index contributed by atoms with van der Waals surface area (Å²) in [5.74, 6) is 1.84. The number of fused-ring (bicyclic) bond motifs is 4. The van der Waals surface area contributed by atoms with Crippen molar-refractivity contribution in [3.63, 3.8) is 0 Å². The number of nitrogens with zero attached hydrogens (tertiary/aromatic N) is 2. The van der Waals surface area contributed by atoms with Crippen LogP contribution in [0.25, 0.3) is 0 Å². The molecule has 5 rings (SSSR count). The Morgan fingerprint density at radius 1 is 1.00 bits per heavy atom. The predicted octanol–water partition coefficient (Wildman–Crippen LogP) is 5.75. The van der Waals surface area contributed by atoms with Gasteiger partial charge in [0.05, 0.1) is 11.8 Å². The quantitative estimate of drug-likeness (QED) is 0.646. The predicted molar refractivity (Wildman–Crippen MR) is 109 cm³/mol. The van der Waals surface area contributed by atoms with E-state index in [9.17, 15) is 0 Å². The standard InChI is InChI=1S/C24H28N2O/c1-16-4-7-19(8-5-16)21-15-22-20-14-18(3)6-9-23(20)27-24(26(22)25-21)12-10-17(2)11-13-24/h4-9,14,17,22H,10-13,15H2,1-3H3/t17?,22-,24?/m1/s1. The average Bonchev–Trinajstić information content (AvgIpc) is 3.12. The maximum absolute atomic E-state index is 6.70. The van der Waals surface area contributed by atoms with Gasteiger partial charge < -0.3 is 4.74 Å². The Morgan fingerprint density at radius 2 is 1.70 bits per heavy atom. The molecule has 2 aliphatic heterocycles. The molecule has 140 valence electrons. The lowest BCUT2D eigenvalue weighted by molar-refractivity contribution is -0.145. The lowest BCUT2D eigenvalue weighted by Crippen LogP contribution is -2.55. The normalized spacial score (nSPS) is 29.1. The number of hydrazone groups is 1. The van der Waals surface area contributed by atoms with Crippen LogP contribution in [0.3, 0.4) is 0 Å². The van der Waals surface area contributed by atoms with Crippen LogP contribution >= 0.6 is 0 Å². The van der Waals surface area contributed by atoms with Gasteiger partial charge >= 0.3 is 0 Å². The van der Waals surface area contributed by atoms with Gasteiger partial charge in [0.25, 0.3) is 0 Å². The van der Waals surface area contributed by atoms with Crippen molar-refractivity contribution >= 4 is 5.71 Å². The maximum Gasteiger partial charge on any atom is 0.198 e. The first kappa shape index (κ1) is 16.9. The van der Waals surface area contributed by atoms with Crippen LogP contribution in [0.15, 0.2) is 47.6 Å². The molecule has 3 aliphatic rings. The van der Waals surface area contributed by atoms with Crippen LogP contribution in [-0.2, 0) is 0 Å². The number of aryl methyl sites for hydroxylation is 2. The van der Waals surface area contributed by atoms with E-state index in [1.165, 1.54) is 40.8 Å². The summed E-state index contributed by atoms with van der Waals surface area (Å²) in [6, 6.07) is 15.7. The maximum atomic E-state index is 6.70. The summed E-state index contributed by atoms with van der Waals surface area (Å²) in [6.07, 6.45) is 5.49. The van der Waals surface area contributed by atoms with Crippen LogP contribution in [0, 0.1) is 19.8 Å². The number of ether oxygens (including phenoxy) is 1. The lowest BCUT2D eigenvalue weighted by atomic mass is 9.82. The Labute approximate surface area is 162 Å². The van der Waals surface area contributed by atoms with Crippen molar-refractivity contribution in [2.45, 2.75) is 64.6 Å². The zero-order valence-electron chi connectivity index (χ0n) is 16.5. The van der Waals surface area contributed by atoms with E-state index in [1.54, 1.807) is 0 Å². The van der Waals surface area contributed by atoms with Crippen molar-refractivity contribution in [3.8, 4) is 5.75 Å². The third-order valence-electron chi connectivity index (χ3n) is 6.59. The van der Waals surface area contributed by atoms with Gasteiger partial charge in [-0.15, -0.1) is 0 Å². The van der Waals surface area contributed by atoms with Crippen LogP contribution in [0.5, 0.6) is 5.75 Å². The van der Waals surface area contributed by atoms with Crippen LogP contribution in [-0.4, -0.2) is 16.4 Å². The molecule has 0 saturated heterocycles. The summed E-state index contributed by atoms with van der Waals surface area (Å²) < 4.78 is 6.70. The van der Waals surface area contributed by atoms with Crippen molar-refractivity contribution in [1.29, 1.82) is 0 Å². The van der Waals surface area contributed by atoms with E-state index in [4.69, 9.17) is 9.84 Å². The molecular weight excluding hydrogens is 332 g/mol. The summed E-state index contributed by atoms with van der Waals surface area (Å²) in [6.45, 7) is 6.65. The van der Waals surface area contributed by atoms with Crippen molar-refractivity contribution in [2.75, 3.05) is 0 Å².